The summed E-state index contributed by atoms with van der Waals surface area (Å²) in [7, 11) is 0. The second kappa shape index (κ2) is 9.60. The number of benzene rings is 2. The van der Waals surface area contributed by atoms with Crippen molar-refractivity contribution in [2.24, 2.45) is 11.8 Å². The molecule has 36 heavy (non-hydrogen) atoms. The van der Waals surface area contributed by atoms with Crippen LogP contribution in [0.15, 0.2) is 42.5 Å². The van der Waals surface area contributed by atoms with Crippen LogP contribution in [0.5, 0.6) is 11.5 Å². The second-order valence-electron chi connectivity index (χ2n) is 10.8. The van der Waals surface area contributed by atoms with Gasteiger partial charge in [0.05, 0.1) is 12.2 Å². The van der Waals surface area contributed by atoms with Gasteiger partial charge in [0.1, 0.15) is 23.1 Å². The minimum absolute atomic E-state index is 0.0485. The van der Waals surface area contributed by atoms with Crippen LogP contribution >= 0.6 is 11.6 Å². The third kappa shape index (κ3) is 4.91. The van der Waals surface area contributed by atoms with Crippen LogP contribution in [-0.4, -0.2) is 52.7 Å². The Kier molecular flexibility index (Phi) is 6.64. The van der Waals surface area contributed by atoms with Crippen molar-refractivity contribution in [3.05, 3.63) is 58.6 Å². The van der Waals surface area contributed by atoms with E-state index in [0.29, 0.717) is 24.5 Å². The van der Waals surface area contributed by atoms with Crippen molar-refractivity contribution < 1.29 is 24.2 Å². The van der Waals surface area contributed by atoms with E-state index in [0.717, 1.165) is 29.7 Å². The summed E-state index contributed by atoms with van der Waals surface area (Å²) in [4.78, 5) is 27.3. The van der Waals surface area contributed by atoms with Gasteiger partial charge in [-0.05, 0) is 62.6 Å². The summed E-state index contributed by atoms with van der Waals surface area (Å²) in [5.74, 6) is 0.962. The highest BCUT2D eigenvalue weighted by Crippen LogP contribution is 2.53. The molecule has 0 aromatic heterocycles. The molecule has 3 heterocycles. The molecule has 0 radical (unpaired) electrons. The Morgan fingerprint density at radius 1 is 1.22 bits per heavy atom. The molecule has 2 aromatic carbocycles. The number of hydrogen-bond donors (Lipinski definition) is 2. The molecule has 2 aromatic rings. The average molecular weight is 513 g/mol. The van der Waals surface area contributed by atoms with E-state index in [9.17, 15) is 14.7 Å². The van der Waals surface area contributed by atoms with Crippen LogP contribution < -0.4 is 10.1 Å². The summed E-state index contributed by atoms with van der Waals surface area (Å²) in [6.45, 7) is 6.78. The molecule has 2 N–H and O–H groups in total. The van der Waals surface area contributed by atoms with Crippen LogP contribution in [0.4, 0.5) is 0 Å². The predicted octanol–water partition coefficient (Wildman–Crippen LogP) is 4.26. The molecular formula is C28H33ClN2O5. The SMILES string of the molecule is CC(=O)N[C@@H](Cc1ccc(O)cc1)C(=O)N1CC[C@@H]2O[C@@H]3c4cc(Cl)ccc4OC(C)(C)[C@H]3C[C@@H]2C1. The number of aromatic hydroxyl groups is 1. The molecule has 5 atom stereocenters. The number of likely N-dealkylation sites (tertiary alicyclic amines) is 1. The molecule has 2 amide bonds. The van der Waals surface area contributed by atoms with Crippen LogP contribution in [0.3, 0.4) is 0 Å². The number of piperidine rings is 1. The lowest BCUT2D eigenvalue weighted by Crippen LogP contribution is -2.58. The highest BCUT2D eigenvalue weighted by Gasteiger charge is 2.51. The molecule has 0 aliphatic carbocycles. The Balaban J connectivity index is 1.32. The Morgan fingerprint density at radius 2 is 1.97 bits per heavy atom. The molecule has 2 saturated heterocycles. The van der Waals surface area contributed by atoms with Crippen LogP contribution in [0.25, 0.3) is 0 Å². The summed E-state index contributed by atoms with van der Waals surface area (Å²) in [5, 5.41) is 13.1. The van der Waals surface area contributed by atoms with Crippen LogP contribution in [-0.2, 0) is 20.7 Å². The lowest BCUT2D eigenvalue weighted by atomic mass is 9.70. The van der Waals surface area contributed by atoms with Gasteiger partial charge >= 0.3 is 0 Å². The topological polar surface area (TPSA) is 88.1 Å². The van der Waals surface area contributed by atoms with E-state index in [4.69, 9.17) is 21.1 Å². The maximum atomic E-state index is 13.6. The number of ether oxygens (including phenoxy) is 2. The lowest BCUT2D eigenvalue weighted by molar-refractivity contribution is -0.189. The highest BCUT2D eigenvalue weighted by molar-refractivity contribution is 6.30. The highest BCUT2D eigenvalue weighted by atomic mass is 35.5. The van der Waals surface area contributed by atoms with Crippen LogP contribution in [0.2, 0.25) is 5.02 Å². The maximum absolute atomic E-state index is 13.6. The first-order valence-corrected chi connectivity index (χ1v) is 13.0. The first-order valence-electron chi connectivity index (χ1n) is 12.6. The zero-order chi connectivity index (χ0) is 25.6. The number of fused-ring (bicyclic) bond motifs is 4. The minimum atomic E-state index is -0.663. The molecule has 0 unspecified atom stereocenters. The van der Waals surface area contributed by atoms with Crippen LogP contribution in [0.1, 0.15) is 50.8 Å². The number of nitrogens with one attached hydrogen (secondary N) is 1. The van der Waals surface area contributed by atoms with Crippen molar-refractivity contribution in [3.8, 4) is 11.5 Å². The average Bonchev–Trinajstić information content (AvgIpc) is 2.83. The lowest BCUT2D eigenvalue weighted by Gasteiger charge is -2.53. The van der Waals surface area contributed by atoms with E-state index in [-0.39, 0.29) is 41.6 Å². The van der Waals surface area contributed by atoms with E-state index < -0.39 is 11.6 Å². The van der Waals surface area contributed by atoms with Gasteiger partial charge in [0.25, 0.3) is 0 Å². The molecule has 0 saturated carbocycles. The number of phenols is 1. The van der Waals surface area contributed by atoms with E-state index >= 15 is 0 Å². The van der Waals surface area contributed by atoms with Crippen molar-refractivity contribution >= 4 is 23.4 Å². The van der Waals surface area contributed by atoms with Gasteiger partial charge in [-0.2, -0.15) is 0 Å². The summed E-state index contributed by atoms with van der Waals surface area (Å²) >= 11 is 6.30. The van der Waals surface area contributed by atoms with Gasteiger partial charge in [-0.25, -0.2) is 0 Å². The molecule has 192 valence electrons. The van der Waals surface area contributed by atoms with E-state index in [1.807, 2.05) is 23.1 Å². The summed E-state index contributed by atoms with van der Waals surface area (Å²) < 4.78 is 13.1. The Hall–Kier alpha value is -2.77. The van der Waals surface area contributed by atoms with Crippen molar-refractivity contribution in [1.82, 2.24) is 10.2 Å². The zero-order valence-electron chi connectivity index (χ0n) is 20.9. The van der Waals surface area contributed by atoms with Gasteiger partial charge < -0.3 is 24.8 Å². The monoisotopic (exact) mass is 512 g/mol. The minimum Gasteiger partial charge on any atom is -0.508 e. The molecule has 8 heteroatoms. The number of amides is 2. The van der Waals surface area contributed by atoms with Crippen molar-refractivity contribution in [3.63, 3.8) is 0 Å². The van der Waals surface area contributed by atoms with E-state index in [2.05, 4.69) is 19.2 Å². The fourth-order valence-corrected chi connectivity index (χ4v) is 6.20. The van der Waals surface area contributed by atoms with Crippen molar-refractivity contribution in [1.29, 1.82) is 0 Å². The largest absolute Gasteiger partial charge is 0.508 e. The fourth-order valence-electron chi connectivity index (χ4n) is 6.01. The Morgan fingerprint density at radius 3 is 2.69 bits per heavy atom. The molecule has 5 rings (SSSR count). The second-order valence-corrected chi connectivity index (χ2v) is 11.2. The third-order valence-electron chi connectivity index (χ3n) is 7.82. The smallest absolute Gasteiger partial charge is 0.245 e. The molecule has 3 aliphatic heterocycles. The standard InChI is InChI=1S/C28H33ClN2O5/c1-16(32)30-23(12-17-4-7-20(33)8-5-17)27(34)31-11-10-24-18(15-31)13-22-26(35-24)21-14-19(29)6-9-25(21)36-28(22,2)3/h4-9,14,18,22-24,26,33H,10-13,15H2,1-3H3,(H,30,32)/t18-,22+,23+,24+,26-/m1/s1. The number of carbonyl (C=O) groups excluding carboxylic acids is 2. The molecule has 2 fully saturated rings. The zero-order valence-corrected chi connectivity index (χ0v) is 21.6. The molecule has 0 spiro atoms. The fraction of sp³-hybridized carbons (Fsp3) is 0.500. The summed E-state index contributed by atoms with van der Waals surface area (Å²) in [6, 6.07) is 11.8. The number of hydrogen-bond acceptors (Lipinski definition) is 5. The number of carbonyl (C=O) groups is 2. The normalized spacial score (nSPS) is 27.1. The molecular weight excluding hydrogens is 480 g/mol. The summed E-state index contributed by atoms with van der Waals surface area (Å²) in [6.07, 6.45) is 1.94. The van der Waals surface area contributed by atoms with Crippen LogP contribution in [0, 0.1) is 11.8 Å². The third-order valence-corrected chi connectivity index (χ3v) is 8.05. The maximum Gasteiger partial charge on any atom is 0.245 e. The number of phenolic OH excluding ortho intramolecular Hbond substituents is 1. The van der Waals surface area contributed by atoms with Gasteiger partial charge in [-0.1, -0.05) is 23.7 Å². The van der Waals surface area contributed by atoms with Gasteiger partial charge in [-0.3, -0.25) is 9.59 Å². The molecule has 3 aliphatic rings. The number of halogens is 1. The van der Waals surface area contributed by atoms with Gasteiger partial charge in [0, 0.05) is 48.9 Å². The van der Waals surface area contributed by atoms with Gasteiger partial charge in [0.2, 0.25) is 11.8 Å². The number of rotatable bonds is 4. The Bertz CT molecular complexity index is 1150. The first kappa shape index (κ1) is 24.9. The quantitative estimate of drug-likeness (QED) is 0.639. The van der Waals surface area contributed by atoms with Crippen molar-refractivity contribution in [2.75, 3.05) is 13.1 Å². The molecule has 0 bridgehead atoms. The summed E-state index contributed by atoms with van der Waals surface area (Å²) in [5.41, 5.74) is 1.46. The Labute approximate surface area is 216 Å². The predicted molar refractivity (Wildman–Crippen MR) is 136 cm³/mol. The number of nitrogens with zero attached hydrogens (tertiary/aromatic N) is 1. The molecule has 7 nitrogen and oxygen atoms in total. The van der Waals surface area contributed by atoms with E-state index in [1.165, 1.54) is 6.92 Å². The van der Waals surface area contributed by atoms with Crippen molar-refractivity contribution in [2.45, 2.75) is 63.9 Å². The van der Waals surface area contributed by atoms with Gasteiger partial charge in [-0.15, -0.1) is 0 Å². The van der Waals surface area contributed by atoms with Gasteiger partial charge in [0.15, 0.2) is 0 Å². The van der Waals surface area contributed by atoms with E-state index in [1.54, 1.807) is 24.3 Å². The first-order chi connectivity index (χ1) is 17.1.